The third-order valence-electron chi connectivity index (χ3n) is 12.0. The second-order valence-electron chi connectivity index (χ2n) is 17.8. The van der Waals surface area contributed by atoms with Gasteiger partial charge in [-0.2, -0.15) is 0 Å². The minimum absolute atomic E-state index is 0.102. The van der Waals surface area contributed by atoms with Crippen molar-refractivity contribution >= 4 is 11.7 Å². The van der Waals surface area contributed by atoms with Crippen LogP contribution in [0.3, 0.4) is 0 Å². The van der Waals surface area contributed by atoms with Gasteiger partial charge in [0.1, 0.15) is 5.78 Å². The molecule has 0 aliphatic heterocycles. The molecule has 1 amide bonds. The molecule has 0 fully saturated rings. The van der Waals surface area contributed by atoms with Crippen molar-refractivity contribution in [1.29, 1.82) is 0 Å². The van der Waals surface area contributed by atoms with E-state index in [2.05, 4.69) is 31.3 Å². The van der Waals surface area contributed by atoms with Crippen LogP contribution in [0.25, 0.3) is 0 Å². The van der Waals surface area contributed by atoms with Crippen LogP contribution in [0.5, 0.6) is 0 Å². The molecule has 0 rings (SSSR count). The van der Waals surface area contributed by atoms with E-state index in [9.17, 15) is 14.7 Å². The Morgan fingerprint density at radius 2 is 0.679 bits per heavy atom. The zero-order chi connectivity index (χ0) is 40.7. The van der Waals surface area contributed by atoms with E-state index >= 15 is 0 Å². The summed E-state index contributed by atoms with van der Waals surface area (Å²) < 4.78 is 0. The van der Waals surface area contributed by atoms with Gasteiger partial charge >= 0.3 is 0 Å². The van der Waals surface area contributed by atoms with Gasteiger partial charge in [0, 0.05) is 25.8 Å². The fourth-order valence-electron chi connectivity index (χ4n) is 8.07. The van der Waals surface area contributed by atoms with Crippen molar-refractivity contribution in [3.05, 3.63) is 12.2 Å². The lowest BCUT2D eigenvalue weighted by Gasteiger charge is -2.12. The molecule has 0 aliphatic carbocycles. The molecule has 0 unspecified atom stereocenters. The SMILES string of the molecule is CCCCCCCCC=CCCCCCCCC(=O)CCCCCCCCCCCCCCCC(=O)NC[C@@H](O)CCCCCCCCCCCCCCCC. The maximum Gasteiger partial charge on any atom is 0.220 e. The van der Waals surface area contributed by atoms with Gasteiger partial charge < -0.3 is 10.4 Å². The minimum atomic E-state index is -0.399. The average Bonchev–Trinajstić information content (AvgIpc) is 3.20. The van der Waals surface area contributed by atoms with Gasteiger partial charge in [-0.05, 0) is 51.4 Å². The molecular weight excluding hydrogens is 687 g/mol. The third-order valence-corrected chi connectivity index (χ3v) is 12.0. The summed E-state index contributed by atoms with van der Waals surface area (Å²) in [7, 11) is 0. The zero-order valence-electron chi connectivity index (χ0n) is 38.3. The zero-order valence-corrected chi connectivity index (χ0v) is 38.3. The lowest BCUT2D eigenvalue weighted by molar-refractivity contribution is -0.121. The highest BCUT2D eigenvalue weighted by atomic mass is 16.3. The molecule has 0 saturated heterocycles. The summed E-state index contributed by atoms with van der Waals surface area (Å²) >= 11 is 0. The lowest BCUT2D eigenvalue weighted by atomic mass is 10.0. The molecule has 56 heavy (non-hydrogen) atoms. The average molecular weight is 788 g/mol. The van der Waals surface area contributed by atoms with E-state index in [1.807, 2.05) is 0 Å². The Morgan fingerprint density at radius 1 is 0.393 bits per heavy atom. The molecule has 0 aromatic carbocycles. The molecule has 0 saturated carbocycles. The van der Waals surface area contributed by atoms with E-state index < -0.39 is 6.10 Å². The molecule has 1 atom stereocenters. The number of amides is 1. The molecule has 4 nitrogen and oxygen atoms in total. The molecule has 4 heteroatoms. The van der Waals surface area contributed by atoms with Crippen LogP contribution >= 0.6 is 0 Å². The summed E-state index contributed by atoms with van der Waals surface area (Å²) in [5.41, 5.74) is 0. The van der Waals surface area contributed by atoms with E-state index in [-0.39, 0.29) is 5.91 Å². The Balaban J connectivity index is 3.30. The van der Waals surface area contributed by atoms with Crippen LogP contribution in [-0.4, -0.2) is 29.4 Å². The Bertz CT molecular complexity index is 810. The number of aliphatic hydroxyl groups excluding tert-OH is 1. The summed E-state index contributed by atoms with van der Waals surface area (Å²) in [5, 5.41) is 13.2. The van der Waals surface area contributed by atoms with Crippen LogP contribution in [0.4, 0.5) is 0 Å². The predicted octanol–water partition coefficient (Wildman–Crippen LogP) is 16.8. The van der Waals surface area contributed by atoms with Crippen LogP contribution in [0, 0.1) is 0 Å². The molecule has 0 aliphatic rings. The molecule has 2 N–H and O–H groups in total. The standard InChI is InChI=1S/C52H101NO3/c1-3-5-7-9-11-13-15-17-19-22-25-29-33-37-41-45-50(54)46-42-38-34-30-26-23-20-24-28-32-36-40-44-48-52(56)53-49-51(55)47-43-39-35-31-27-21-18-16-14-12-10-8-6-4-2/h17,19,51,55H,3-16,18,20-49H2,1-2H3,(H,53,56)/t51-/m0/s1. The molecular formula is C52H101NO3. The molecule has 332 valence electrons. The van der Waals surface area contributed by atoms with E-state index in [0.29, 0.717) is 18.7 Å². The number of allylic oxidation sites excluding steroid dienone is 2. The molecule has 0 aromatic heterocycles. The second kappa shape index (κ2) is 48.2. The summed E-state index contributed by atoms with van der Waals surface area (Å²) in [6.07, 6.45) is 59.5. The first kappa shape index (κ1) is 54.8. The summed E-state index contributed by atoms with van der Waals surface area (Å²) in [4.78, 5) is 24.4. The van der Waals surface area contributed by atoms with Crippen LogP contribution in [0.1, 0.15) is 296 Å². The summed E-state index contributed by atoms with van der Waals surface area (Å²) in [6.45, 7) is 4.97. The van der Waals surface area contributed by atoms with Gasteiger partial charge in [0.15, 0.2) is 0 Å². The Labute approximate surface area is 351 Å². The molecule has 0 heterocycles. The van der Waals surface area contributed by atoms with E-state index in [0.717, 1.165) is 51.4 Å². The lowest BCUT2D eigenvalue weighted by Crippen LogP contribution is -2.31. The predicted molar refractivity (Wildman–Crippen MR) is 248 cm³/mol. The normalized spacial score (nSPS) is 12.2. The van der Waals surface area contributed by atoms with Gasteiger partial charge in [-0.1, -0.05) is 238 Å². The highest BCUT2D eigenvalue weighted by molar-refractivity contribution is 5.78. The number of ketones is 1. The topological polar surface area (TPSA) is 66.4 Å². The van der Waals surface area contributed by atoms with E-state index in [4.69, 9.17) is 0 Å². The number of hydrogen-bond acceptors (Lipinski definition) is 3. The van der Waals surface area contributed by atoms with Gasteiger partial charge in [0.25, 0.3) is 0 Å². The van der Waals surface area contributed by atoms with Crippen LogP contribution in [0.2, 0.25) is 0 Å². The fraction of sp³-hybridized carbons (Fsp3) is 0.923. The third kappa shape index (κ3) is 47.2. The van der Waals surface area contributed by atoms with Crippen molar-refractivity contribution in [2.75, 3.05) is 6.54 Å². The van der Waals surface area contributed by atoms with Gasteiger partial charge in [-0.25, -0.2) is 0 Å². The molecule has 0 spiro atoms. The second-order valence-corrected chi connectivity index (χ2v) is 17.8. The number of Topliss-reactive ketones (excluding diaryl/α,β-unsaturated/α-hetero) is 1. The van der Waals surface area contributed by atoms with Crippen molar-refractivity contribution in [3.63, 3.8) is 0 Å². The number of carbonyl (C=O) groups is 2. The fourth-order valence-corrected chi connectivity index (χ4v) is 8.07. The Hall–Kier alpha value is -1.16. The Kier molecular flexibility index (Phi) is 47.2. The monoisotopic (exact) mass is 788 g/mol. The maximum atomic E-state index is 12.2. The van der Waals surface area contributed by atoms with Gasteiger partial charge in [-0.3, -0.25) is 9.59 Å². The first-order valence-electron chi connectivity index (χ1n) is 25.7. The molecule has 0 bridgehead atoms. The number of hydrogen-bond donors (Lipinski definition) is 2. The van der Waals surface area contributed by atoms with Crippen molar-refractivity contribution in [2.24, 2.45) is 0 Å². The smallest absolute Gasteiger partial charge is 0.220 e. The largest absolute Gasteiger partial charge is 0.391 e. The molecule has 0 radical (unpaired) electrons. The van der Waals surface area contributed by atoms with E-state index in [1.165, 1.54) is 225 Å². The van der Waals surface area contributed by atoms with Crippen LogP contribution < -0.4 is 5.32 Å². The minimum Gasteiger partial charge on any atom is -0.391 e. The molecule has 0 aromatic rings. The first-order valence-corrected chi connectivity index (χ1v) is 25.7. The number of rotatable bonds is 48. The number of nitrogens with one attached hydrogen (secondary N) is 1. The number of carbonyl (C=O) groups excluding carboxylic acids is 2. The summed E-state index contributed by atoms with van der Waals surface area (Å²) in [5.74, 6) is 0.594. The number of aliphatic hydroxyl groups is 1. The van der Waals surface area contributed by atoms with Crippen molar-refractivity contribution in [3.8, 4) is 0 Å². The van der Waals surface area contributed by atoms with Gasteiger partial charge in [0.05, 0.1) is 6.10 Å². The Morgan fingerprint density at radius 3 is 1.04 bits per heavy atom. The van der Waals surface area contributed by atoms with Crippen molar-refractivity contribution < 1.29 is 14.7 Å². The number of unbranched alkanes of at least 4 members (excludes halogenated alkanes) is 36. The van der Waals surface area contributed by atoms with Crippen LogP contribution in [-0.2, 0) is 9.59 Å². The van der Waals surface area contributed by atoms with E-state index in [1.54, 1.807) is 0 Å². The summed E-state index contributed by atoms with van der Waals surface area (Å²) in [6, 6.07) is 0. The van der Waals surface area contributed by atoms with Gasteiger partial charge in [0.2, 0.25) is 5.91 Å². The van der Waals surface area contributed by atoms with Crippen LogP contribution in [0.15, 0.2) is 12.2 Å². The maximum absolute atomic E-state index is 12.2. The van der Waals surface area contributed by atoms with Crippen molar-refractivity contribution in [2.45, 2.75) is 302 Å². The van der Waals surface area contributed by atoms with Gasteiger partial charge in [-0.15, -0.1) is 0 Å². The highest BCUT2D eigenvalue weighted by Crippen LogP contribution is 2.16. The highest BCUT2D eigenvalue weighted by Gasteiger charge is 2.07. The quantitative estimate of drug-likeness (QED) is 0.0477. The van der Waals surface area contributed by atoms with Crippen molar-refractivity contribution in [1.82, 2.24) is 5.32 Å². The first-order chi connectivity index (χ1) is 27.6.